The zero-order chi connectivity index (χ0) is 49.8. The molecule has 2 N–H and O–H groups in total. The number of carbonyl (C=O) groups excluding carboxylic acids is 2. The summed E-state index contributed by atoms with van der Waals surface area (Å²) in [6, 6.07) is 37.0. The first-order chi connectivity index (χ1) is 35.3. The van der Waals surface area contributed by atoms with Crippen molar-refractivity contribution in [2.24, 2.45) is 0 Å². The molecule has 8 bridgehead atoms. The summed E-state index contributed by atoms with van der Waals surface area (Å²) in [6.07, 6.45) is 9.89. The molecule has 0 radical (unpaired) electrons. The van der Waals surface area contributed by atoms with E-state index in [4.69, 9.17) is 18.9 Å². The lowest BCUT2D eigenvalue weighted by atomic mass is 9.89. The number of carbonyl (C=O) groups is 2. The largest absolute Gasteiger partial charge is 0.493 e. The van der Waals surface area contributed by atoms with Crippen molar-refractivity contribution in [3.05, 3.63) is 165 Å². The molecule has 9 rings (SSSR count). The lowest BCUT2D eigenvalue weighted by molar-refractivity contribution is 0.101. The van der Waals surface area contributed by atoms with E-state index in [1.807, 2.05) is 48.5 Å². The number of nitrogens with one attached hydrogen (secondary N) is 2. The highest BCUT2D eigenvalue weighted by atomic mass is 16.5. The lowest BCUT2D eigenvalue weighted by Gasteiger charge is -2.24. The molecule has 2 aliphatic heterocycles. The number of nitrogens with zero attached hydrogens (tertiary/aromatic N) is 2. The smallest absolute Gasteiger partial charge is 0.255 e. The van der Waals surface area contributed by atoms with Gasteiger partial charge in [-0.25, -0.2) is 0 Å². The van der Waals surface area contributed by atoms with E-state index in [1.165, 1.54) is 37.1 Å². The number of rotatable bonds is 18. The maximum absolute atomic E-state index is 14.5. The van der Waals surface area contributed by atoms with Gasteiger partial charge in [-0.2, -0.15) is 0 Å². The summed E-state index contributed by atoms with van der Waals surface area (Å²) >= 11 is 0. The number of hydrogen-bond donors (Lipinski definition) is 2. The number of benzene rings is 6. The Morgan fingerprint density at radius 1 is 0.403 bits per heavy atom. The number of para-hydroxylation sites is 2. The maximum Gasteiger partial charge on any atom is 0.255 e. The molecule has 0 spiro atoms. The Labute approximate surface area is 427 Å². The Kier molecular flexibility index (Phi) is 16.7. The average molecular weight is 969 g/mol. The summed E-state index contributed by atoms with van der Waals surface area (Å²) in [7, 11) is 0. The normalized spacial score (nSPS) is 14.2. The minimum absolute atomic E-state index is 0.188. The van der Waals surface area contributed by atoms with Gasteiger partial charge in [0.05, 0.1) is 26.4 Å². The molecule has 376 valence electrons. The predicted octanol–water partition coefficient (Wildman–Crippen LogP) is 13.2. The third kappa shape index (κ3) is 11.9. The molecular weight excluding hydrogens is 897 g/mol. The van der Waals surface area contributed by atoms with E-state index in [2.05, 4.69) is 109 Å². The van der Waals surface area contributed by atoms with Crippen molar-refractivity contribution in [1.82, 2.24) is 0 Å². The monoisotopic (exact) mass is 969 g/mol. The number of fused-ring (bicyclic) bond motifs is 8. The Hall–Kier alpha value is -6.94. The minimum atomic E-state index is -0.188. The predicted molar refractivity (Wildman–Crippen MR) is 292 cm³/mol. The molecule has 0 atom stereocenters. The molecular formula is C62H72N4O6. The molecule has 2 saturated heterocycles. The number of anilines is 4. The molecule has 6 aromatic carbocycles. The number of hydrogen-bond acceptors (Lipinski definition) is 8. The maximum atomic E-state index is 14.5. The molecule has 2 heterocycles. The van der Waals surface area contributed by atoms with Crippen LogP contribution in [0.15, 0.2) is 109 Å². The number of ether oxygens (including phenoxy) is 4. The van der Waals surface area contributed by atoms with Gasteiger partial charge in [-0.1, -0.05) is 64.1 Å². The van der Waals surface area contributed by atoms with Gasteiger partial charge in [-0.15, -0.1) is 0 Å². The van der Waals surface area contributed by atoms with Crippen LogP contribution in [0.25, 0.3) is 0 Å². The molecule has 10 nitrogen and oxygen atoms in total. The molecule has 2 fully saturated rings. The third-order valence-corrected chi connectivity index (χ3v) is 13.9. The van der Waals surface area contributed by atoms with Crippen LogP contribution < -0.4 is 39.4 Å². The fourth-order valence-corrected chi connectivity index (χ4v) is 10.4. The van der Waals surface area contributed by atoms with Crippen molar-refractivity contribution < 1.29 is 28.5 Å². The van der Waals surface area contributed by atoms with Crippen LogP contribution in [0.1, 0.15) is 144 Å². The lowest BCUT2D eigenvalue weighted by Crippen LogP contribution is -2.18. The molecule has 0 aromatic heterocycles. The molecule has 0 unspecified atom stereocenters. The van der Waals surface area contributed by atoms with Crippen molar-refractivity contribution in [2.75, 3.05) is 73.0 Å². The van der Waals surface area contributed by atoms with E-state index in [0.717, 1.165) is 131 Å². The van der Waals surface area contributed by atoms with E-state index in [0.29, 0.717) is 63.2 Å². The van der Waals surface area contributed by atoms with Crippen LogP contribution in [0.5, 0.6) is 23.0 Å². The van der Waals surface area contributed by atoms with Crippen molar-refractivity contribution in [3.8, 4) is 23.0 Å². The number of amides is 2. The summed E-state index contributed by atoms with van der Waals surface area (Å²) < 4.78 is 27.1. The van der Waals surface area contributed by atoms with Gasteiger partial charge in [-0.3, -0.25) is 9.59 Å². The Bertz CT molecular complexity index is 2530. The molecule has 2 amide bonds. The Balaban J connectivity index is 1.17. The minimum Gasteiger partial charge on any atom is -0.493 e. The first-order valence-corrected chi connectivity index (χ1v) is 26.7. The van der Waals surface area contributed by atoms with E-state index < -0.39 is 0 Å². The second kappa shape index (κ2) is 24.0. The SMILES string of the molecule is CCCOc1c2cccc1Cc1cc(C(=O)Nc3ccc(N4CCCC4)cc3)cc(c1OCCC)Cc1cccc(c1OCCC)Cc1cc(C(=O)Nc3ccc(N4CCCC4)cc3)cc(c1OCCC)C2. The second-order valence-corrected chi connectivity index (χ2v) is 19.5. The van der Waals surface area contributed by atoms with Crippen LogP contribution in [0.2, 0.25) is 0 Å². The Morgan fingerprint density at radius 2 is 0.681 bits per heavy atom. The molecule has 10 heteroatoms. The van der Waals surface area contributed by atoms with Crippen molar-refractivity contribution >= 4 is 34.6 Å². The van der Waals surface area contributed by atoms with E-state index in [9.17, 15) is 9.59 Å². The van der Waals surface area contributed by atoms with E-state index in [1.54, 1.807) is 0 Å². The first kappa shape index (κ1) is 50.0. The van der Waals surface area contributed by atoms with E-state index in [-0.39, 0.29) is 11.8 Å². The average Bonchev–Trinajstić information content (AvgIpc) is 4.15. The molecule has 6 aromatic rings. The van der Waals surface area contributed by atoms with Crippen LogP contribution in [0.3, 0.4) is 0 Å². The molecule has 0 saturated carbocycles. The highest BCUT2D eigenvalue weighted by Crippen LogP contribution is 2.41. The third-order valence-electron chi connectivity index (χ3n) is 13.9. The van der Waals surface area contributed by atoms with E-state index >= 15 is 0 Å². The van der Waals surface area contributed by atoms with Crippen LogP contribution in [0.4, 0.5) is 22.7 Å². The molecule has 1 aliphatic carbocycles. The topological polar surface area (TPSA) is 102 Å². The highest BCUT2D eigenvalue weighted by Gasteiger charge is 2.26. The summed E-state index contributed by atoms with van der Waals surface area (Å²) in [5.41, 5.74) is 12.5. The van der Waals surface area contributed by atoms with Crippen molar-refractivity contribution in [1.29, 1.82) is 0 Å². The van der Waals surface area contributed by atoms with Crippen LogP contribution >= 0.6 is 0 Å². The van der Waals surface area contributed by atoms with Crippen LogP contribution in [-0.4, -0.2) is 64.4 Å². The Morgan fingerprint density at radius 3 is 0.958 bits per heavy atom. The standard InChI is InChI=1S/C62H72N4O6/c1-5-31-69-57-43-15-13-16-44(57)36-48-40-52(62(68)64-54-21-25-56(26-22-54)66-29-11-12-30-66)42-50(60(48)72-34-8-4)38-46-18-14-17-45(58(46)70-32-6-2)37-49-41-51(39-47(35-43)59(49)71-33-7-3)61(67)63-53-19-23-55(24-20-53)65-27-9-10-28-65/h13-26,39-42H,5-12,27-38H2,1-4H3,(H,63,67)(H,64,68). The summed E-state index contributed by atoms with van der Waals surface area (Å²) in [4.78, 5) is 33.9. The zero-order valence-electron chi connectivity index (χ0n) is 42.9. The van der Waals surface area contributed by atoms with Crippen LogP contribution in [-0.2, 0) is 25.7 Å². The fraction of sp³-hybridized carbons (Fsp3) is 0.387. The van der Waals surface area contributed by atoms with Crippen molar-refractivity contribution in [2.45, 2.75) is 105 Å². The van der Waals surface area contributed by atoms with Gasteiger partial charge < -0.3 is 39.4 Å². The van der Waals surface area contributed by atoms with Gasteiger partial charge in [0.25, 0.3) is 11.8 Å². The van der Waals surface area contributed by atoms with Gasteiger partial charge in [0, 0.05) is 85.7 Å². The summed E-state index contributed by atoms with van der Waals surface area (Å²) in [6.45, 7) is 14.8. The highest BCUT2D eigenvalue weighted by molar-refractivity contribution is 6.05. The molecule has 72 heavy (non-hydrogen) atoms. The van der Waals surface area contributed by atoms with Crippen molar-refractivity contribution in [3.63, 3.8) is 0 Å². The van der Waals surface area contributed by atoms with Gasteiger partial charge in [0.15, 0.2) is 0 Å². The van der Waals surface area contributed by atoms with Crippen LogP contribution in [0, 0.1) is 0 Å². The second-order valence-electron chi connectivity index (χ2n) is 19.5. The van der Waals surface area contributed by atoms with Gasteiger partial charge >= 0.3 is 0 Å². The first-order valence-electron chi connectivity index (χ1n) is 26.7. The summed E-state index contributed by atoms with van der Waals surface area (Å²) in [5.74, 6) is 2.75. The molecule has 3 aliphatic rings. The van der Waals surface area contributed by atoms with Gasteiger partial charge in [0.2, 0.25) is 0 Å². The zero-order valence-corrected chi connectivity index (χ0v) is 42.9. The fourth-order valence-electron chi connectivity index (χ4n) is 10.4. The quantitative estimate of drug-likeness (QED) is 0.0877. The summed E-state index contributed by atoms with van der Waals surface area (Å²) in [5, 5.41) is 6.45. The van der Waals surface area contributed by atoms with Gasteiger partial charge in [-0.05, 0) is 169 Å². The van der Waals surface area contributed by atoms with Gasteiger partial charge in [0.1, 0.15) is 23.0 Å².